The molecule has 0 aliphatic heterocycles. The molecule has 0 aromatic carbocycles. The normalized spacial score (nSPS) is 10.8. The Morgan fingerprint density at radius 1 is 0.556 bits per heavy atom. The van der Waals surface area contributed by atoms with Crippen LogP contribution < -0.4 is 0 Å². The lowest BCUT2D eigenvalue weighted by Gasteiger charge is -1.82. The second kappa shape index (κ2) is 12.9. The molecule has 0 aliphatic rings. The molecule has 0 heterocycles. The Labute approximate surface area is 110 Å². The lowest BCUT2D eigenvalue weighted by atomic mass is 11.9. The summed E-state index contributed by atoms with van der Waals surface area (Å²) in [6, 6.07) is 0. The summed E-state index contributed by atoms with van der Waals surface area (Å²) in [6.07, 6.45) is 0. The number of halogens is 2. The Kier molecular flexibility index (Phi) is 19.6. The van der Waals surface area contributed by atoms with Crippen molar-refractivity contribution >= 4 is 46.7 Å². The van der Waals surface area contributed by atoms with Crippen LogP contribution in [0.4, 0.5) is 0 Å². The summed E-state index contributed by atoms with van der Waals surface area (Å²) >= 11 is 9.53. The van der Waals surface area contributed by atoms with E-state index < -0.39 is 23.5 Å². The van der Waals surface area contributed by atoms with Crippen molar-refractivity contribution in [3.63, 3.8) is 0 Å². The minimum atomic E-state index is -4.64. The van der Waals surface area contributed by atoms with Gasteiger partial charge >= 0.3 is 23.5 Å². The highest BCUT2D eigenvalue weighted by Crippen LogP contribution is 2.26. The van der Waals surface area contributed by atoms with Crippen LogP contribution in [0.1, 0.15) is 0 Å². The molecule has 0 fully saturated rings. The van der Waals surface area contributed by atoms with E-state index in [-0.39, 0.29) is 5.34 Å². The highest BCUT2D eigenvalue weighted by molar-refractivity contribution is 7.45. The van der Waals surface area contributed by atoms with Gasteiger partial charge in [0.1, 0.15) is 0 Å². The van der Waals surface area contributed by atoms with Gasteiger partial charge in [0.25, 0.3) is 0 Å². The van der Waals surface area contributed by atoms with Crippen molar-refractivity contribution in [2.24, 2.45) is 0 Å². The zero-order chi connectivity index (χ0) is 16.2. The van der Waals surface area contributed by atoms with Crippen LogP contribution in [0, 0.1) is 0 Å². The topological polar surface area (TPSA) is 233 Å². The van der Waals surface area contributed by atoms with Crippen LogP contribution in [-0.4, -0.2) is 49.4 Å². The molecule has 0 aromatic heterocycles. The second-order valence-corrected chi connectivity index (χ2v) is 5.53. The Morgan fingerprint density at radius 2 is 0.556 bits per heavy atom. The smallest absolute Gasteiger partial charge is 0.303 e. The maximum Gasteiger partial charge on any atom is 0.466 e. The van der Waals surface area contributed by atoms with Gasteiger partial charge < -0.3 is 44.0 Å². The van der Waals surface area contributed by atoms with Gasteiger partial charge in [-0.05, 0) is 0 Å². The Hall–Kier alpha value is 0.910. The Bertz CT molecular complexity index is 224. The van der Waals surface area contributed by atoms with Gasteiger partial charge in [0, 0.05) is 0 Å². The third-order valence-corrected chi connectivity index (χ3v) is 0. The van der Waals surface area contributed by atoms with E-state index in [1.165, 1.54) is 0 Å². The zero-order valence-corrected chi connectivity index (χ0v) is 12.2. The SMILES string of the molecule is ClCCl.O=P(O)(O)O.O=P(O)(O)O.O=P(O)(O)O. The summed E-state index contributed by atoms with van der Waals surface area (Å²) in [5, 5.41) is 0.194. The van der Waals surface area contributed by atoms with E-state index in [0.717, 1.165) is 0 Å². The summed E-state index contributed by atoms with van der Waals surface area (Å²) in [4.78, 5) is 64.7. The Morgan fingerprint density at radius 3 is 0.556 bits per heavy atom. The summed E-state index contributed by atoms with van der Waals surface area (Å²) in [6.45, 7) is 0. The number of phosphoric acid groups is 3. The van der Waals surface area contributed by atoms with E-state index in [9.17, 15) is 0 Å². The molecule has 0 bridgehead atoms. The standard InChI is InChI=1S/CH2Cl2.3H3O4P/c2-1-3;3*1-5(2,3)4/h1H2;3*(H3,1,2,3,4). The van der Waals surface area contributed by atoms with E-state index in [1.54, 1.807) is 0 Å². The predicted molar refractivity (Wildman–Crippen MR) is 59.4 cm³/mol. The van der Waals surface area contributed by atoms with Gasteiger partial charge in [-0.1, -0.05) is 0 Å². The molecule has 0 saturated carbocycles. The van der Waals surface area contributed by atoms with E-state index in [1.807, 2.05) is 0 Å². The van der Waals surface area contributed by atoms with Gasteiger partial charge in [-0.2, -0.15) is 0 Å². The van der Waals surface area contributed by atoms with E-state index >= 15 is 0 Å². The molecule has 18 heavy (non-hydrogen) atoms. The molecule has 0 atom stereocenters. The van der Waals surface area contributed by atoms with Crippen LogP contribution in [-0.2, 0) is 13.7 Å². The molecule has 0 amide bonds. The maximum absolute atomic E-state index is 8.88. The van der Waals surface area contributed by atoms with Gasteiger partial charge in [-0.25, -0.2) is 13.7 Å². The monoisotopic (exact) mass is 378 g/mol. The highest BCUT2D eigenvalue weighted by Gasteiger charge is 2.01. The van der Waals surface area contributed by atoms with Crippen LogP contribution in [0.5, 0.6) is 0 Å². The third-order valence-electron chi connectivity index (χ3n) is 0. The number of rotatable bonds is 0. The fraction of sp³-hybridized carbons (Fsp3) is 1.00. The molecule has 0 aromatic rings. The Balaban J connectivity index is -0.0000000739. The number of hydrogen-bond donors (Lipinski definition) is 9. The van der Waals surface area contributed by atoms with Crippen LogP contribution in [0.2, 0.25) is 0 Å². The fourth-order valence-corrected chi connectivity index (χ4v) is 0. The molecule has 12 nitrogen and oxygen atoms in total. The molecule has 0 spiro atoms. The predicted octanol–water partition coefficient (Wildman–Crippen LogP) is -1.36. The van der Waals surface area contributed by atoms with Gasteiger partial charge in [-0.3, -0.25) is 0 Å². The third kappa shape index (κ3) is 5170. The maximum atomic E-state index is 8.88. The first-order valence-electron chi connectivity index (χ1n) is 2.88. The van der Waals surface area contributed by atoms with Crippen LogP contribution in [0.15, 0.2) is 0 Å². The molecular weight excluding hydrogens is 368 g/mol. The van der Waals surface area contributed by atoms with Crippen molar-refractivity contribution < 1.29 is 57.7 Å². The average Bonchev–Trinajstić information content (AvgIpc) is 1.71. The first-order valence-corrected chi connectivity index (χ1v) is 8.65. The van der Waals surface area contributed by atoms with Crippen molar-refractivity contribution in [2.75, 3.05) is 5.34 Å². The zero-order valence-electron chi connectivity index (χ0n) is 8.05. The first-order chi connectivity index (χ1) is 7.41. The van der Waals surface area contributed by atoms with Crippen LogP contribution in [0.3, 0.4) is 0 Å². The molecule has 116 valence electrons. The summed E-state index contributed by atoms with van der Waals surface area (Å²) in [7, 11) is -13.9. The molecule has 0 rings (SSSR count). The number of hydrogen-bond acceptors (Lipinski definition) is 3. The van der Waals surface area contributed by atoms with Crippen molar-refractivity contribution in [1.82, 2.24) is 0 Å². The second-order valence-electron chi connectivity index (χ2n) is 1.64. The van der Waals surface area contributed by atoms with Crippen LogP contribution in [0.25, 0.3) is 0 Å². The largest absolute Gasteiger partial charge is 0.466 e. The molecule has 0 saturated heterocycles. The molecule has 9 N–H and O–H groups in total. The molecular formula is CH11Cl2O12P3. The van der Waals surface area contributed by atoms with Crippen LogP contribution >= 0.6 is 46.7 Å². The average molecular weight is 379 g/mol. The van der Waals surface area contributed by atoms with E-state index in [0.29, 0.717) is 0 Å². The molecule has 0 unspecified atom stereocenters. The summed E-state index contributed by atoms with van der Waals surface area (Å²) in [5.74, 6) is 0. The quantitative estimate of drug-likeness (QED) is 0.175. The first kappa shape index (κ1) is 27.3. The molecule has 17 heteroatoms. The van der Waals surface area contributed by atoms with E-state index in [4.69, 9.17) is 80.9 Å². The lowest BCUT2D eigenvalue weighted by Crippen LogP contribution is -1.66. The summed E-state index contributed by atoms with van der Waals surface area (Å²) in [5.41, 5.74) is 0. The molecule has 0 radical (unpaired) electrons. The van der Waals surface area contributed by atoms with Gasteiger partial charge in [-0.15, -0.1) is 23.2 Å². The van der Waals surface area contributed by atoms with Crippen molar-refractivity contribution in [1.29, 1.82) is 0 Å². The summed E-state index contributed by atoms with van der Waals surface area (Å²) < 4.78 is 26.6. The highest BCUT2D eigenvalue weighted by atomic mass is 35.5. The van der Waals surface area contributed by atoms with Gasteiger partial charge in [0.2, 0.25) is 0 Å². The van der Waals surface area contributed by atoms with E-state index in [2.05, 4.69) is 0 Å². The lowest BCUT2D eigenvalue weighted by molar-refractivity contribution is 0.272. The minimum absolute atomic E-state index is 0.194. The fourth-order valence-electron chi connectivity index (χ4n) is 0. The number of alkyl halides is 2. The van der Waals surface area contributed by atoms with Crippen molar-refractivity contribution in [3.05, 3.63) is 0 Å². The minimum Gasteiger partial charge on any atom is -0.303 e. The van der Waals surface area contributed by atoms with Crippen molar-refractivity contribution in [2.45, 2.75) is 0 Å². The molecule has 0 aliphatic carbocycles. The van der Waals surface area contributed by atoms with Gasteiger partial charge in [0.05, 0.1) is 5.34 Å². The van der Waals surface area contributed by atoms with Crippen molar-refractivity contribution in [3.8, 4) is 0 Å². The van der Waals surface area contributed by atoms with Gasteiger partial charge in [0.15, 0.2) is 0 Å².